The molecule has 6 N–H and O–H groups in total. The van der Waals surface area contributed by atoms with Crippen molar-refractivity contribution in [2.24, 2.45) is 11.8 Å². The van der Waals surface area contributed by atoms with Gasteiger partial charge in [-0.05, 0) is 104 Å². The van der Waals surface area contributed by atoms with E-state index in [9.17, 15) is 92.2 Å². The van der Waals surface area contributed by atoms with Gasteiger partial charge in [-0.15, -0.1) is 0 Å². The average Bonchev–Trinajstić information content (AvgIpc) is 1.74. The highest BCUT2D eigenvalue weighted by molar-refractivity contribution is 14.1. The molecule has 0 bridgehead atoms. The highest BCUT2D eigenvalue weighted by Gasteiger charge is 2.46. The van der Waals surface area contributed by atoms with E-state index >= 15 is 0 Å². The molecule has 37 heteroatoms. The maximum Gasteiger partial charge on any atom is 0.450 e. The predicted octanol–water partition coefficient (Wildman–Crippen LogP) is 8.64. The Bertz CT molecular complexity index is 4380. The third kappa shape index (κ3) is 22.5. The Kier molecular flexibility index (Phi) is 30.2. The van der Waals surface area contributed by atoms with E-state index in [1.54, 1.807) is 46.8 Å². The summed E-state index contributed by atoms with van der Waals surface area (Å²) in [5.74, 6) is 2.54. The zero-order chi connectivity index (χ0) is 78.7. The molecule has 5 aromatic rings. The summed E-state index contributed by atoms with van der Waals surface area (Å²) in [7, 11) is -2.06. The van der Waals surface area contributed by atoms with Crippen LogP contribution in [0.5, 0.6) is 0 Å². The third-order valence-electron chi connectivity index (χ3n) is 17.6. The highest BCUT2D eigenvalue weighted by atomic mass is 127. The topological polar surface area (TPSA) is 420 Å². The highest BCUT2D eigenvalue weighted by Crippen LogP contribution is 2.42. The second-order valence-corrected chi connectivity index (χ2v) is 34.9. The first-order valence-electron chi connectivity index (χ1n) is 33.5. The van der Waals surface area contributed by atoms with Crippen molar-refractivity contribution >= 4 is 70.1 Å². The largest absolute Gasteiger partial charge is 0.450 e. The summed E-state index contributed by atoms with van der Waals surface area (Å²) in [5.41, 5.74) is -4.62. The van der Waals surface area contributed by atoms with Gasteiger partial charge in [-0.3, -0.25) is 63.1 Å². The molecule has 3 unspecified atom stereocenters. The lowest BCUT2D eigenvalue weighted by atomic mass is 9.96. The van der Waals surface area contributed by atoms with Crippen molar-refractivity contribution in [3.05, 3.63) is 175 Å². The Morgan fingerprint density at radius 3 is 1.60 bits per heavy atom. The summed E-state index contributed by atoms with van der Waals surface area (Å²) >= 11 is 5.27. The van der Waals surface area contributed by atoms with Crippen molar-refractivity contribution in [2.45, 2.75) is 231 Å². The molecule has 3 fully saturated rings. The number of aromatic amines is 2. The van der Waals surface area contributed by atoms with Crippen molar-refractivity contribution in [1.29, 1.82) is 0 Å². The molecule has 3 aliphatic rings. The van der Waals surface area contributed by atoms with E-state index < -0.39 is 151 Å². The van der Waals surface area contributed by atoms with Gasteiger partial charge in [0, 0.05) is 82.9 Å². The number of benzene rings is 2. The standard InChI is InChI=1S/C26H28F3N3O9.C22H37BrN2O6Si.C20H24IN3O8/c1-14(2)23(17-8-7-15(9-18(17)32(38)39)5-3-4-6-21(35)26(27,28)29)40-13-16-11-31(25(37)30-24(16)36)22-10-19(34)20(12-33)41-22;1-10-15-16(31-32(8,9)22(5,6)7)11-17(29-15)24-13-14(12-23)18(26)25(19(24)27)20(28)30-21(2,3)4;1-10(2)18(13-4-3-12(21)5-14(13)24(29)30)31-9-11-7-23(20(28)22-19(11)27)17-6-15(26)16(8-25)32-17/h7-9,11,14,19-20,22-23,33-34H,4,6,10,12-13H2,1-2H3,(H,30,36,37);13,15-17H,10-12H2,1-9H3;3-5,7,10,15-18,25-26H,6,8-9H2,1-2H3,(H,22,27,28)/t19?,20-,22-,23+;15-,16?,17-;15?,16-,17-,18+/m111/s1. The number of ether oxygens (including phenoxy) is 6. The fourth-order valence-corrected chi connectivity index (χ4v) is 13.4. The number of alkyl halides is 4. The molecule has 3 saturated heterocycles. The van der Waals surface area contributed by atoms with Crippen LogP contribution in [0.2, 0.25) is 18.1 Å². The lowest BCUT2D eigenvalue weighted by molar-refractivity contribution is -0.386. The molecule has 0 radical (unpaired) electrons. The van der Waals surface area contributed by atoms with Crippen molar-refractivity contribution in [3.8, 4) is 11.8 Å². The number of Topliss-reactive ketones (excluding diaryl/α,β-unsaturated/α-hetero) is 1. The van der Waals surface area contributed by atoms with Gasteiger partial charge in [0.25, 0.3) is 28.1 Å². The molecule has 11 atom stereocenters. The SMILES string of the molecule is CC(C)[C@H](OCc1cn([C@H]2CC(O)[C@@H](CO)O2)c(=O)[nH]c1=O)c1ccc(C#CCCC(=O)C(F)(F)F)cc1[N+](=O)[O-].CC(C)[C@H](OCc1cn([C@H]2CC(O)[C@@H](CO)O2)c(=O)[nH]c1=O)c1ccc(I)cc1[N+](=O)[O-].CC[C@H]1O[C@@H](n2cc(CBr)c(=O)n(C(=O)OC(C)(C)C)c2=O)CC1O[Si](C)(C)C(C)(C)C. The molecule has 8 rings (SSSR count). The second kappa shape index (κ2) is 36.6. The van der Waals surface area contributed by atoms with Crippen LogP contribution in [-0.2, 0) is 56.2 Å². The molecule has 578 valence electrons. The summed E-state index contributed by atoms with van der Waals surface area (Å²) in [6.07, 6.45) is -10.0. The third-order valence-corrected chi connectivity index (χ3v) is 23.4. The molecule has 6 heterocycles. The van der Waals surface area contributed by atoms with E-state index in [-0.39, 0.29) is 106 Å². The summed E-state index contributed by atoms with van der Waals surface area (Å²) in [6, 6.07) is 8.80. The molecule has 3 aromatic heterocycles. The van der Waals surface area contributed by atoms with Gasteiger partial charge in [-0.25, -0.2) is 19.2 Å². The number of aliphatic hydroxyl groups excluding tert-OH is 4. The Hall–Kier alpha value is -7.20. The summed E-state index contributed by atoms with van der Waals surface area (Å²) in [4.78, 5) is 126. The van der Waals surface area contributed by atoms with Gasteiger partial charge in [-0.1, -0.05) is 83.2 Å². The van der Waals surface area contributed by atoms with Crippen LogP contribution in [0, 0.1) is 47.5 Å². The van der Waals surface area contributed by atoms with Crippen molar-refractivity contribution in [3.63, 3.8) is 0 Å². The molecule has 0 spiro atoms. The maximum absolute atomic E-state index is 13.2. The van der Waals surface area contributed by atoms with Crippen molar-refractivity contribution in [2.75, 3.05) is 13.2 Å². The van der Waals surface area contributed by atoms with Gasteiger partial charge in [0.1, 0.15) is 36.5 Å². The van der Waals surface area contributed by atoms with Gasteiger partial charge in [-0.2, -0.15) is 17.7 Å². The number of aliphatic hydroxyl groups is 4. The molecule has 0 saturated carbocycles. The number of hydrogen-bond donors (Lipinski definition) is 6. The first-order valence-corrected chi connectivity index (χ1v) is 38.6. The normalized spacial score (nSPS) is 21.0. The van der Waals surface area contributed by atoms with Crippen LogP contribution < -0.4 is 33.7 Å². The van der Waals surface area contributed by atoms with Crippen LogP contribution in [-0.4, -0.2) is 140 Å². The van der Waals surface area contributed by atoms with Gasteiger partial charge >= 0.3 is 29.3 Å². The molecular formula is C68H89BrF3IN8O23Si. The first kappa shape index (κ1) is 86.7. The number of aromatic nitrogens is 6. The van der Waals surface area contributed by atoms with E-state index in [4.69, 9.17) is 32.8 Å². The molecule has 105 heavy (non-hydrogen) atoms. The second-order valence-electron chi connectivity index (χ2n) is 28.3. The number of nitrogens with one attached hydrogen (secondary N) is 2. The van der Waals surface area contributed by atoms with Gasteiger partial charge in [0.2, 0.25) is 5.78 Å². The fraction of sp³-hybridized carbons (Fsp3) is 0.588. The summed E-state index contributed by atoms with van der Waals surface area (Å²) < 4.78 is 82.7. The van der Waals surface area contributed by atoms with Gasteiger partial charge in [0.15, 0.2) is 8.32 Å². The Balaban J connectivity index is 0.000000250. The van der Waals surface area contributed by atoms with E-state index in [1.165, 1.54) is 41.4 Å². The quantitative estimate of drug-likeness (QED) is 0.00889. The zero-order valence-corrected chi connectivity index (χ0v) is 64.8. The Morgan fingerprint density at radius 2 is 1.18 bits per heavy atom. The number of ketones is 1. The Morgan fingerprint density at radius 1 is 0.724 bits per heavy atom. The number of halogens is 5. The number of carbonyl (C=O) groups is 2. The lowest BCUT2D eigenvalue weighted by Crippen LogP contribution is -2.47. The van der Waals surface area contributed by atoms with Gasteiger partial charge in [0.05, 0.1) is 95.2 Å². The Labute approximate surface area is 623 Å². The first-order chi connectivity index (χ1) is 48.9. The lowest BCUT2D eigenvalue weighted by Gasteiger charge is -2.39. The summed E-state index contributed by atoms with van der Waals surface area (Å²) in [6.45, 7) is 23.7. The minimum absolute atomic E-state index is 0.000618. The summed E-state index contributed by atoms with van der Waals surface area (Å²) in [5, 5.41) is 62.1. The van der Waals surface area contributed by atoms with Crippen LogP contribution >= 0.6 is 38.5 Å². The van der Waals surface area contributed by atoms with Crippen LogP contribution in [0.3, 0.4) is 0 Å². The molecule has 3 aliphatic heterocycles. The minimum atomic E-state index is -4.95. The monoisotopic (exact) mass is 1680 g/mol. The number of rotatable bonds is 23. The van der Waals surface area contributed by atoms with Gasteiger partial charge < -0.3 is 53.3 Å². The number of hydrogen-bond acceptors (Lipinski definition) is 23. The van der Waals surface area contributed by atoms with E-state index in [0.29, 0.717) is 20.1 Å². The number of carbonyl (C=O) groups excluding carboxylic acids is 2. The van der Waals surface area contributed by atoms with Crippen LogP contribution in [0.15, 0.2) is 83.8 Å². The minimum Gasteiger partial charge on any atom is -0.443 e. The van der Waals surface area contributed by atoms with Crippen molar-refractivity contribution < 1.29 is 85.9 Å². The van der Waals surface area contributed by atoms with Crippen LogP contribution in [0.25, 0.3) is 0 Å². The fourth-order valence-electron chi connectivity index (χ4n) is 11.2. The van der Waals surface area contributed by atoms with E-state index in [1.807, 2.05) is 43.4 Å². The smallest absolute Gasteiger partial charge is 0.443 e. The molecular weight excluding hydrogens is 1590 g/mol. The van der Waals surface area contributed by atoms with Crippen LogP contribution in [0.1, 0.15) is 179 Å². The molecule has 2 aromatic carbocycles. The number of nitrogens with zero attached hydrogens (tertiary/aromatic N) is 6. The van der Waals surface area contributed by atoms with Crippen molar-refractivity contribution in [1.82, 2.24) is 28.2 Å². The maximum atomic E-state index is 13.2. The predicted molar refractivity (Wildman–Crippen MR) is 387 cm³/mol. The van der Waals surface area contributed by atoms with Crippen LogP contribution in [0.4, 0.5) is 29.3 Å². The molecule has 0 amide bonds. The zero-order valence-electron chi connectivity index (χ0n) is 60.1. The number of H-pyrrole nitrogens is 2. The molecule has 0 aliphatic carbocycles. The number of nitro groups is 2. The average molecular weight is 1680 g/mol. The van der Waals surface area contributed by atoms with E-state index in [0.717, 1.165) is 21.6 Å². The molecule has 31 nitrogen and oxygen atoms in total. The van der Waals surface area contributed by atoms with E-state index in [2.05, 4.69) is 71.6 Å². The number of nitro benzene ring substituents is 2.